The standard InChI is InChI=1S/C17H22N2O/c1-3-4-8-15(19-18)11-14-7-5-6-13-9-10-16(20-2)12-17(13)14/h3,5-7,9-10,12,15,19H,1,4,8,11,18H2,2H3. The van der Waals surface area contributed by atoms with E-state index in [0.29, 0.717) is 0 Å². The average Bonchev–Trinajstić information content (AvgIpc) is 2.51. The molecule has 1 unspecified atom stereocenters. The molecular weight excluding hydrogens is 248 g/mol. The molecule has 0 radical (unpaired) electrons. The fraction of sp³-hybridized carbons (Fsp3) is 0.294. The zero-order chi connectivity index (χ0) is 14.4. The molecular formula is C17H22N2O. The minimum atomic E-state index is 0.254. The predicted octanol–water partition coefficient (Wildman–Crippen LogP) is 3.19. The van der Waals surface area contributed by atoms with Gasteiger partial charge in [-0.1, -0.05) is 30.3 Å². The van der Waals surface area contributed by atoms with Crippen LogP contribution < -0.4 is 16.0 Å². The second kappa shape index (κ2) is 7.08. The number of methoxy groups -OCH3 is 1. The van der Waals surface area contributed by atoms with Crippen LogP contribution in [0.4, 0.5) is 0 Å². The molecule has 0 spiro atoms. The highest BCUT2D eigenvalue weighted by Gasteiger charge is 2.10. The van der Waals surface area contributed by atoms with Crippen LogP contribution in [0.5, 0.6) is 5.75 Å². The maximum Gasteiger partial charge on any atom is 0.119 e. The van der Waals surface area contributed by atoms with E-state index in [1.54, 1.807) is 7.11 Å². The third kappa shape index (κ3) is 3.38. The molecule has 106 valence electrons. The number of hydrogen-bond donors (Lipinski definition) is 2. The molecule has 3 nitrogen and oxygen atoms in total. The van der Waals surface area contributed by atoms with Gasteiger partial charge in [0, 0.05) is 6.04 Å². The van der Waals surface area contributed by atoms with Gasteiger partial charge in [-0.2, -0.15) is 0 Å². The Hall–Kier alpha value is -1.84. The molecule has 0 bridgehead atoms. The predicted molar refractivity (Wildman–Crippen MR) is 84.7 cm³/mol. The lowest BCUT2D eigenvalue weighted by Gasteiger charge is -2.16. The SMILES string of the molecule is C=CCCC(Cc1cccc2ccc(OC)cc12)NN. The van der Waals surface area contributed by atoms with E-state index in [-0.39, 0.29) is 6.04 Å². The summed E-state index contributed by atoms with van der Waals surface area (Å²) in [6.07, 6.45) is 4.77. The Morgan fingerprint density at radius 1 is 1.35 bits per heavy atom. The van der Waals surface area contributed by atoms with Gasteiger partial charge in [0.1, 0.15) is 5.75 Å². The zero-order valence-electron chi connectivity index (χ0n) is 11.9. The number of rotatable bonds is 7. The Kier molecular flexibility index (Phi) is 5.16. The monoisotopic (exact) mass is 270 g/mol. The van der Waals surface area contributed by atoms with E-state index >= 15 is 0 Å². The van der Waals surface area contributed by atoms with Crippen molar-refractivity contribution in [1.29, 1.82) is 0 Å². The Balaban J connectivity index is 2.30. The van der Waals surface area contributed by atoms with E-state index < -0.39 is 0 Å². The van der Waals surface area contributed by atoms with Crippen LogP contribution in [0.25, 0.3) is 10.8 Å². The van der Waals surface area contributed by atoms with Crippen molar-refractivity contribution in [2.45, 2.75) is 25.3 Å². The molecule has 0 aliphatic rings. The minimum Gasteiger partial charge on any atom is -0.497 e. The summed E-state index contributed by atoms with van der Waals surface area (Å²) in [6, 6.07) is 12.8. The molecule has 20 heavy (non-hydrogen) atoms. The number of allylic oxidation sites excluding steroid dienone is 1. The number of hydrogen-bond acceptors (Lipinski definition) is 3. The van der Waals surface area contributed by atoms with Gasteiger partial charge in [-0.3, -0.25) is 11.3 Å². The van der Waals surface area contributed by atoms with Crippen LogP contribution in [0.15, 0.2) is 49.1 Å². The van der Waals surface area contributed by atoms with Crippen LogP contribution in [-0.4, -0.2) is 13.2 Å². The normalized spacial score (nSPS) is 12.3. The topological polar surface area (TPSA) is 47.3 Å². The van der Waals surface area contributed by atoms with Crippen molar-refractivity contribution in [2.75, 3.05) is 7.11 Å². The fourth-order valence-electron chi connectivity index (χ4n) is 2.45. The molecule has 0 aliphatic carbocycles. The second-order valence-corrected chi connectivity index (χ2v) is 4.94. The number of fused-ring (bicyclic) bond motifs is 1. The minimum absolute atomic E-state index is 0.254. The van der Waals surface area contributed by atoms with Gasteiger partial charge in [0.25, 0.3) is 0 Å². The van der Waals surface area contributed by atoms with Crippen LogP contribution in [0.1, 0.15) is 18.4 Å². The first kappa shape index (κ1) is 14.6. The van der Waals surface area contributed by atoms with Crippen molar-refractivity contribution < 1.29 is 4.74 Å². The van der Waals surface area contributed by atoms with Crippen molar-refractivity contribution in [2.24, 2.45) is 5.84 Å². The maximum absolute atomic E-state index is 5.65. The third-order valence-electron chi connectivity index (χ3n) is 3.60. The summed E-state index contributed by atoms with van der Waals surface area (Å²) in [6.45, 7) is 3.76. The van der Waals surface area contributed by atoms with E-state index in [9.17, 15) is 0 Å². The summed E-state index contributed by atoms with van der Waals surface area (Å²) in [4.78, 5) is 0. The van der Waals surface area contributed by atoms with Crippen LogP contribution in [0.2, 0.25) is 0 Å². The second-order valence-electron chi connectivity index (χ2n) is 4.94. The van der Waals surface area contributed by atoms with Gasteiger partial charge in [-0.25, -0.2) is 0 Å². The van der Waals surface area contributed by atoms with E-state index in [0.717, 1.165) is 25.0 Å². The lowest BCUT2D eigenvalue weighted by Crippen LogP contribution is -2.36. The molecule has 0 saturated heterocycles. The van der Waals surface area contributed by atoms with Crippen LogP contribution in [0, 0.1) is 0 Å². The Morgan fingerprint density at radius 2 is 2.20 bits per heavy atom. The van der Waals surface area contributed by atoms with Crippen LogP contribution >= 0.6 is 0 Å². The molecule has 0 saturated carbocycles. The average molecular weight is 270 g/mol. The maximum atomic E-state index is 5.65. The van der Waals surface area contributed by atoms with Gasteiger partial charge in [0.05, 0.1) is 7.11 Å². The number of nitrogens with one attached hydrogen (secondary N) is 1. The summed E-state index contributed by atoms with van der Waals surface area (Å²) in [5.41, 5.74) is 4.19. The molecule has 3 N–H and O–H groups in total. The fourth-order valence-corrected chi connectivity index (χ4v) is 2.45. The summed E-state index contributed by atoms with van der Waals surface area (Å²) in [7, 11) is 1.69. The van der Waals surface area contributed by atoms with Gasteiger partial charge in [0.15, 0.2) is 0 Å². The molecule has 2 rings (SSSR count). The van der Waals surface area contributed by atoms with E-state index in [4.69, 9.17) is 10.6 Å². The molecule has 1 atom stereocenters. The smallest absolute Gasteiger partial charge is 0.119 e. The first-order chi connectivity index (χ1) is 9.78. The number of benzene rings is 2. The molecule has 0 amide bonds. The number of hydrazine groups is 1. The molecule has 2 aromatic rings. The highest BCUT2D eigenvalue weighted by atomic mass is 16.5. The molecule has 3 heteroatoms. The Morgan fingerprint density at radius 3 is 2.90 bits per heavy atom. The van der Waals surface area contributed by atoms with Crippen molar-refractivity contribution in [1.82, 2.24) is 5.43 Å². The summed E-state index contributed by atoms with van der Waals surface area (Å²) >= 11 is 0. The summed E-state index contributed by atoms with van der Waals surface area (Å²) < 4.78 is 5.32. The molecule has 0 aliphatic heterocycles. The first-order valence-electron chi connectivity index (χ1n) is 6.91. The first-order valence-corrected chi connectivity index (χ1v) is 6.91. The Labute approximate surface area is 120 Å². The van der Waals surface area contributed by atoms with Gasteiger partial charge < -0.3 is 4.74 Å². The zero-order valence-corrected chi connectivity index (χ0v) is 11.9. The lowest BCUT2D eigenvalue weighted by atomic mass is 9.97. The molecule has 0 aromatic heterocycles. The summed E-state index contributed by atoms with van der Waals surface area (Å²) in [5.74, 6) is 6.54. The van der Waals surface area contributed by atoms with Crippen molar-refractivity contribution in [3.63, 3.8) is 0 Å². The van der Waals surface area contributed by atoms with Crippen molar-refractivity contribution in [3.05, 3.63) is 54.6 Å². The van der Waals surface area contributed by atoms with Gasteiger partial charge >= 0.3 is 0 Å². The van der Waals surface area contributed by atoms with E-state index in [1.807, 2.05) is 12.1 Å². The van der Waals surface area contributed by atoms with Gasteiger partial charge in [-0.15, -0.1) is 6.58 Å². The van der Waals surface area contributed by atoms with Crippen LogP contribution in [0.3, 0.4) is 0 Å². The molecule has 2 aromatic carbocycles. The van der Waals surface area contributed by atoms with Gasteiger partial charge in [-0.05, 0) is 47.7 Å². The molecule has 0 fully saturated rings. The number of ether oxygens (including phenoxy) is 1. The molecule has 0 heterocycles. The quantitative estimate of drug-likeness (QED) is 0.461. The Bertz CT molecular complexity index is 580. The number of nitrogens with two attached hydrogens (primary N) is 1. The van der Waals surface area contributed by atoms with Crippen LogP contribution in [-0.2, 0) is 6.42 Å². The highest BCUT2D eigenvalue weighted by molar-refractivity contribution is 5.87. The summed E-state index contributed by atoms with van der Waals surface area (Å²) in [5, 5.41) is 2.45. The highest BCUT2D eigenvalue weighted by Crippen LogP contribution is 2.25. The van der Waals surface area contributed by atoms with Gasteiger partial charge in [0.2, 0.25) is 0 Å². The largest absolute Gasteiger partial charge is 0.497 e. The van der Waals surface area contributed by atoms with E-state index in [1.165, 1.54) is 16.3 Å². The third-order valence-corrected chi connectivity index (χ3v) is 3.60. The van der Waals surface area contributed by atoms with E-state index in [2.05, 4.69) is 42.3 Å². The van der Waals surface area contributed by atoms with Crippen molar-refractivity contribution >= 4 is 10.8 Å². The van der Waals surface area contributed by atoms with Crippen molar-refractivity contribution in [3.8, 4) is 5.75 Å². The lowest BCUT2D eigenvalue weighted by molar-refractivity contribution is 0.415.